The lowest BCUT2D eigenvalue weighted by Gasteiger charge is -2.39. The Morgan fingerprint density at radius 1 is 1.21 bits per heavy atom. The maximum atomic E-state index is 13.6. The van der Waals surface area contributed by atoms with E-state index >= 15 is 0 Å². The molecule has 0 spiro atoms. The first-order valence-corrected chi connectivity index (χ1v) is 12.1. The number of amides is 2. The highest BCUT2D eigenvalue weighted by Crippen LogP contribution is 2.46. The van der Waals surface area contributed by atoms with Crippen molar-refractivity contribution in [2.24, 2.45) is 0 Å². The fraction of sp³-hybridized carbons (Fsp3) is 0.500. The Morgan fingerprint density at radius 2 is 1.94 bits per heavy atom. The fourth-order valence-electron chi connectivity index (χ4n) is 4.60. The molecule has 0 bridgehead atoms. The van der Waals surface area contributed by atoms with E-state index in [0.717, 1.165) is 44.1 Å². The molecule has 3 heterocycles. The van der Waals surface area contributed by atoms with Gasteiger partial charge in [0.1, 0.15) is 0 Å². The van der Waals surface area contributed by atoms with E-state index in [1.54, 1.807) is 42.5 Å². The quantitative estimate of drug-likeness (QED) is 0.594. The molecule has 2 aliphatic heterocycles. The van der Waals surface area contributed by atoms with E-state index in [-0.39, 0.29) is 17.9 Å². The van der Waals surface area contributed by atoms with E-state index in [4.69, 9.17) is 14.2 Å². The molecule has 0 aliphatic carbocycles. The number of benzene rings is 1. The molecule has 1 aromatic heterocycles. The highest BCUT2D eigenvalue weighted by atomic mass is 32.1. The average molecular weight is 474 g/mol. The number of carbonyl (C=O) groups excluding carboxylic acids is 2. The van der Waals surface area contributed by atoms with Crippen molar-refractivity contribution in [2.75, 3.05) is 60.7 Å². The lowest BCUT2D eigenvalue weighted by Crippen LogP contribution is -2.46. The maximum absolute atomic E-state index is 13.6. The number of ether oxygens (including phenoxy) is 3. The van der Waals surface area contributed by atoms with Crippen molar-refractivity contribution >= 4 is 23.2 Å². The van der Waals surface area contributed by atoms with Crippen molar-refractivity contribution in [2.45, 2.75) is 18.4 Å². The second-order valence-electron chi connectivity index (χ2n) is 8.25. The molecule has 2 amide bonds. The van der Waals surface area contributed by atoms with Crippen LogP contribution in [0.25, 0.3) is 0 Å². The number of morpholine rings is 1. The van der Waals surface area contributed by atoms with Crippen LogP contribution < -0.4 is 14.8 Å². The third-order valence-electron chi connectivity index (χ3n) is 6.35. The number of carbonyl (C=O) groups is 2. The molecule has 0 saturated carbocycles. The van der Waals surface area contributed by atoms with Gasteiger partial charge in [-0.05, 0) is 42.1 Å². The lowest BCUT2D eigenvalue weighted by atomic mass is 9.81. The summed E-state index contributed by atoms with van der Waals surface area (Å²) >= 11 is 1.55. The van der Waals surface area contributed by atoms with Crippen LogP contribution in [0.2, 0.25) is 0 Å². The Balaban J connectivity index is 1.60. The summed E-state index contributed by atoms with van der Waals surface area (Å²) in [4.78, 5) is 31.8. The van der Waals surface area contributed by atoms with Gasteiger partial charge in [-0.15, -0.1) is 11.3 Å². The van der Waals surface area contributed by atoms with Crippen LogP contribution in [0.15, 0.2) is 29.6 Å². The minimum absolute atomic E-state index is 0.0943. The number of fused-ring (bicyclic) bond motifs is 1. The Bertz CT molecular complexity index is 975. The van der Waals surface area contributed by atoms with Crippen molar-refractivity contribution in [1.29, 1.82) is 0 Å². The first-order valence-electron chi connectivity index (χ1n) is 11.2. The second-order valence-corrected chi connectivity index (χ2v) is 9.23. The zero-order valence-corrected chi connectivity index (χ0v) is 20.2. The Hall–Kier alpha value is -2.62. The topological polar surface area (TPSA) is 80.3 Å². The molecule has 33 heavy (non-hydrogen) atoms. The van der Waals surface area contributed by atoms with Gasteiger partial charge in [0.25, 0.3) is 5.91 Å². The molecule has 8 nitrogen and oxygen atoms in total. The number of nitrogens with zero attached hydrogens (tertiary/aromatic N) is 2. The van der Waals surface area contributed by atoms with Gasteiger partial charge < -0.3 is 24.4 Å². The molecule has 1 fully saturated rings. The summed E-state index contributed by atoms with van der Waals surface area (Å²) in [5, 5.41) is 5.09. The molecule has 1 saturated heterocycles. The summed E-state index contributed by atoms with van der Waals surface area (Å²) in [6.07, 6.45) is 0.857. The van der Waals surface area contributed by atoms with Gasteiger partial charge in [0, 0.05) is 37.1 Å². The smallest absolute Gasteiger partial charge is 0.254 e. The third-order valence-corrected chi connectivity index (χ3v) is 7.29. The standard InChI is InChI=1S/C24H31N3O5S/c1-26-22(20-6-4-13-33-20)21(23(28)25-7-5-8-27-9-11-32-12-10-27)16-14-18(30-2)19(31-3)15-17(16)24(26)29/h4,6,13-15,21-22H,5,7-12H2,1-3H3,(H,25,28)/t21-,22+/m1/s1. The van der Waals surface area contributed by atoms with Gasteiger partial charge in [-0.1, -0.05) is 6.07 Å². The number of thiophene rings is 1. The van der Waals surface area contributed by atoms with Crippen LogP contribution in [0.3, 0.4) is 0 Å². The molecule has 2 aromatic rings. The zero-order valence-electron chi connectivity index (χ0n) is 19.3. The van der Waals surface area contributed by atoms with Gasteiger partial charge >= 0.3 is 0 Å². The molecule has 1 N–H and O–H groups in total. The summed E-state index contributed by atoms with van der Waals surface area (Å²) in [5.41, 5.74) is 1.14. The van der Waals surface area contributed by atoms with Gasteiger partial charge in [0.15, 0.2) is 11.5 Å². The lowest BCUT2D eigenvalue weighted by molar-refractivity contribution is -0.124. The van der Waals surface area contributed by atoms with Crippen LogP contribution in [0.5, 0.6) is 11.5 Å². The largest absolute Gasteiger partial charge is 0.493 e. The predicted octanol–water partition coefficient (Wildman–Crippen LogP) is 2.51. The van der Waals surface area contributed by atoms with Crippen LogP contribution in [0.4, 0.5) is 0 Å². The van der Waals surface area contributed by atoms with E-state index in [9.17, 15) is 9.59 Å². The minimum atomic E-state index is -0.551. The molecule has 0 unspecified atom stereocenters. The summed E-state index contributed by atoms with van der Waals surface area (Å²) in [5.74, 6) is 0.189. The van der Waals surface area contributed by atoms with Gasteiger partial charge in [-0.3, -0.25) is 14.5 Å². The van der Waals surface area contributed by atoms with E-state index in [2.05, 4.69) is 10.2 Å². The number of nitrogens with one attached hydrogen (secondary N) is 1. The van der Waals surface area contributed by atoms with E-state index in [0.29, 0.717) is 29.2 Å². The first kappa shape index (κ1) is 23.5. The average Bonchev–Trinajstić information content (AvgIpc) is 3.38. The van der Waals surface area contributed by atoms with Crippen molar-refractivity contribution < 1.29 is 23.8 Å². The van der Waals surface area contributed by atoms with Crippen LogP contribution in [-0.2, 0) is 9.53 Å². The number of likely N-dealkylation sites (N-methyl/N-ethyl adjacent to an activating group) is 1. The third kappa shape index (κ3) is 4.85. The van der Waals surface area contributed by atoms with Gasteiger partial charge in [-0.25, -0.2) is 0 Å². The van der Waals surface area contributed by atoms with Gasteiger partial charge in [0.05, 0.1) is 39.4 Å². The molecule has 0 radical (unpaired) electrons. The molecular weight excluding hydrogens is 442 g/mol. The highest BCUT2D eigenvalue weighted by Gasteiger charge is 2.44. The number of hydrogen-bond donors (Lipinski definition) is 1. The van der Waals surface area contributed by atoms with Gasteiger partial charge in [0.2, 0.25) is 5.91 Å². The predicted molar refractivity (Wildman–Crippen MR) is 126 cm³/mol. The summed E-state index contributed by atoms with van der Waals surface area (Å²) in [6.45, 7) is 4.88. The van der Waals surface area contributed by atoms with Crippen molar-refractivity contribution in [3.05, 3.63) is 45.6 Å². The van der Waals surface area contributed by atoms with E-state index < -0.39 is 5.92 Å². The molecule has 1 aromatic carbocycles. The van der Waals surface area contributed by atoms with E-state index in [1.807, 2.05) is 17.5 Å². The summed E-state index contributed by atoms with van der Waals surface area (Å²) in [6, 6.07) is 6.99. The van der Waals surface area contributed by atoms with Crippen molar-refractivity contribution in [3.8, 4) is 11.5 Å². The van der Waals surface area contributed by atoms with E-state index in [1.165, 1.54) is 7.11 Å². The van der Waals surface area contributed by atoms with Crippen LogP contribution in [0.1, 0.15) is 39.2 Å². The minimum Gasteiger partial charge on any atom is -0.493 e. The monoisotopic (exact) mass is 473 g/mol. The summed E-state index contributed by atoms with van der Waals surface area (Å²) in [7, 11) is 4.85. The summed E-state index contributed by atoms with van der Waals surface area (Å²) < 4.78 is 16.3. The Morgan fingerprint density at radius 3 is 2.61 bits per heavy atom. The molecule has 2 aliphatic rings. The zero-order chi connectivity index (χ0) is 23.4. The van der Waals surface area contributed by atoms with Crippen LogP contribution >= 0.6 is 11.3 Å². The molecule has 2 atom stereocenters. The van der Waals surface area contributed by atoms with Gasteiger partial charge in [-0.2, -0.15) is 0 Å². The highest BCUT2D eigenvalue weighted by molar-refractivity contribution is 7.10. The number of hydrogen-bond acceptors (Lipinski definition) is 7. The molecule has 178 valence electrons. The maximum Gasteiger partial charge on any atom is 0.254 e. The van der Waals surface area contributed by atoms with Crippen LogP contribution in [-0.4, -0.2) is 82.3 Å². The number of rotatable bonds is 8. The molecule has 4 rings (SSSR count). The van der Waals surface area contributed by atoms with Crippen molar-refractivity contribution in [1.82, 2.24) is 15.1 Å². The number of methoxy groups -OCH3 is 2. The normalized spacial score (nSPS) is 20.9. The molecular formula is C24H31N3O5S. The molecule has 9 heteroatoms. The Labute approximate surface area is 198 Å². The fourth-order valence-corrected chi connectivity index (χ4v) is 5.50. The SMILES string of the molecule is COc1cc2c(cc1OC)[C@@H](C(=O)NCCCN1CCOCC1)[C@H](c1cccs1)N(C)C2=O. The van der Waals surface area contributed by atoms with Crippen LogP contribution in [0, 0.1) is 0 Å². The first-order chi connectivity index (χ1) is 16.0. The Kier molecular flexibility index (Phi) is 7.52. The van der Waals surface area contributed by atoms with Crippen molar-refractivity contribution in [3.63, 3.8) is 0 Å². The second kappa shape index (κ2) is 10.5.